The quantitative estimate of drug-likeness (QED) is 0.554. The van der Waals surface area contributed by atoms with E-state index in [0.717, 1.165) is 11.1 Å². The monoisotopic (exact) mass is 429 g/mol. The molecule has 0 saturated carbocycles. The van der Waals surface area contributed by atoms with Gasteiger partial charge in [-0.25, -0.2) is 0 Å². The van der Waals surface area contributed by atoms with Crippen LogP contribution in [0.15, 0.2) is 36.5 Å². The standard InChI is InChI=1S/C22H25F2N5O2/c1-13(15-5-4-6-16(7-15)22(23,24)12-30)26-20-18-8-17(29-10-21(3,31)11-29)9-25-19(18)14(2)27-28-20/h4-9,13,30-31H,10-12H2,1-3H3,(H,26,28)/t13-/m1/s1. The van der Waals surface area contributed by atoms with E-state index in [1.165, 1.54) is 12.1 Å². The number of fused-ring (bicyclic) bond motifs is 1. The van der Waals surface area contributed by atoms with Gasteiger partial charge in [0.2, 0.25) is 0 Å². The third-order valence-electron chi connectivity index (χ3n) is 5.56. The Bertz CT molecular complexity index is 1110. The molecule has 1 saturated heterocycles. The Labute approximate surface area is 178 Å². The van der Waals surface area contributed by atoms with Gasteiger partial charge in [0, 0.05) is 24.0 Å². The van der Waals surface area contributed by atoms with Crippen LogP contribution in [0.2, 0.25) is 0 Å². The van der Waals surface area contributed by atoms with Gasteiger partial charge in [-0.2, -0.15) is 13.9 Å². The van der Waals surface area contributed by atoms with Crippen LogP contribution in [-0.4, -0.2) is 50.7 Å². The van der Waals surface area contributed by atoms with Gasteiger partial charge >= 0.3 is 0 Å². The summed E-state index contributed by atoms with van der Waals surface area (Å²) in [6.07, 6.45) is 1.75. The predicted molar refractivity (Wildman–Crippen MR) is 114 cm³/mol. The van der Waals surface area contributed by atoms with Crippen LogP contribution in [0, 0.1) is 6.92 Å². The average molecular weight is 429 g/mol. The fourth-order valence-corrected chi connectivity index (χ4v) is 3.80. The molecule has 1 aromatic carbocycles. The molecule has 0 unspecified atom stereocenters. The molecule has 1 atom stereocenters. The van der Waals surface area contributed by atoms with Crippen LogP contribution in [0.4, 0.5) is 20.3 Å². The number of aliphatic hydroxyl groups is 2. The highest BCUT2D eigenvalue weighted by molar-refractivity contribution is 5.92. The van der Waals surface area contributed by atoms with Crippen molar-refractivity contribution in [2.75, 3.05) is 29.9 Å². The van der Waals surface area contributed by atoms with Crippen LogP contribution in [0.3, 0.4) is 0 Å². The second-order valence-electron chi connectivity index (χ2n) is 8.43. The predicted octanol–water partition coefficient (Wildman–Crippen LogP) is 3.16. The number of aromatic nitrogens is 3. The number of pyridine rings is 1. The molecule has 3 heterocycles. The molecule has 0 bridgehead atoms. The number of β-amino-alcohol motifs (C(OH)–C–C–N with tert-alkyl or cyclic N) is 1. The van der Waals surface area contributed by atoms with Crippen molar-refractivity contribution in [2.45, 2.75) is 38.3 Å². The molecule has 0 spiro atoms. The molecule has 31 heavy (non-hydrogen) atoms. The highest BCUT2D eigenvalue weighted by atomic mass is 19.3. The molecule has 1 aliphatic rings. The van der Waals surface area contributed by atoms with Crippen LogP contribution >= 0.6 is 0 Å². The van der Waals surface area contributed by atoms with Crippen molar-refractivity contribution in [3.63, 3.8) is 0 Å². The first-order valence-electron chi connectivity index (χ1n) is 10.1. The van der Waals surface area contributed by atoms with Crippen LogP contribution in [-0.2, 0) is 5.92 Å². The fourth-order valence-electron chi connectivity index (χ4n) is 3.80. The number of hydrogen-bond acceptors (Lipinski definition) is 7. The molecule has 3 aromatic rings. The summed E-state index contributed by atoms with van der Waals surface area (Å²) in [7, 11) is 0. The molecule has 9 heteroatoms. The first-order valence-corrected chi connectivity index (χ1v) is 10.1. The van der Waals surface area contributed by atoms with E-state index in [1.54, 1.807) is 25.3 Å². The summed E-state index contributed by atoms with van der Waals surface area (Å²) in [5.74, 6) is -2.81. The molecular weight excluding hydrogens is 404 g/mol. The van der Waals surface area contributed by atoms with Gasteiger partial charge in [0.1, 0.15) is 6.61 Å². The van der Waals surface area contributed by atoms with E-state index in [-0.39, 0.29) is 11.6 Å². The average Bonchev–Trinajstić information content (AvgIpc) is 2.73. The Kier molecular flexibility index (Phi) is 5.26. The molecule has 1 fully saturated rings. The van der Waals surface area contributed by atoms with E-state index in [4.69, 9.17) is 5.11 Å². The van der Waals surface area contributed by atoms with Gasteiger partial charge in [0.15, 0.2) is 5.82 Å². The van der Waals surface area contributed by atoms with Gasteiger partial charge < -0.3 is 20.4 Å². The summed E-state index contributed by atoms with van der Waals surface area (Å²) in [5, 5.41) is 31.5. The number of aliphatic hydroxyl groups excluding tert-OH is 1. The van der Waals surface area contributed by atoms with Crippen molar-refractivity contribution < 1.29 is 19.0 Å². The minimum absolute atomic E-state index is 0.241. The van der Waals surface area contributed by atoms with Gasteiger partial charge in [-0.1, -0.05) is 18.2 Å². The van der Waals surface area contributed by atoms with E-state index in [2.05, 4.69) is 20.5 Å². The summed E-state index contributed by atoms with van der Waals surface area (Å²) in [6.45, 7) is 5.24. The number of rotatable bonds is 6. The number of anilines is 2. The topological polar surface area (TPSA) is 94.4 Å². The number of nitrogens with zero attached hydrogens (tertiary/aromatic N) is 4. The molecule has 7 nitrogen and oxygen atoms in total. The van der Waals surface area contributed by atoms with Gasteiger partial charge in [0.05, 0.1) is 34.7 Å². The Balaban J connectivity index is 1.65. The van der Waals surface area contributed by atoms with Gasteiger partial charge in [-0.15, -0.1) is 5.10 Å². The summed E-state index contributed by atoms with van der Waals surface area (Å²) >= 11 is 0. The van der Waals surface area contributed by atoms with E-state index < -0.39 is 18.1 Å². The lowest BCUT2D eigenvalue weighted by Crippen LogP contribution is -2.60. The van der Waals surface area contributed by atoms with Crippen LogP contribution in [0.5, 0.6) is 0 Å². The Hall–Kier alpha value is -2.91. The normalized spacial score (nSPS) is 16.8. The number of alkyl halides is 2. The Morgan fingerprint density at radius 1 is 1.26 bits per heavy atom. The molecule has 0 amide bonds. The van der Waals surface area contributed by atoms with Crippen molar-refractivity contribution in [1.82, 2.24) is 15.2 Å². The minimum atomic E-state index is -3.30. The molecule has 4 rings (SSSR count). The summed E-state index contributed by atoms with van der Waals surface area (Å²) in [4.78, 5) is 6.56. The lowest BCUT2D eigenvalue weighted by Gasteiger charge is -2.45. The SMILES string of the molecule is Cc1nnc(N[C@H](C)c2cccc(C(F)(F)CO)c2)c2cc(N3CC(C)(O)C3)cnc12. The van der Waals surface area contributed by atoms with E-state index in [9.17, 15) is 13.9 Å². The number of nitrogens with one attached hydrogen (secondary N) is 1. The molecule has 1 aliphatic heterocycles. The molecule has 0 aliphatic carbocycles. The maximum Gasteiger partial charge on any atom is 0.295 e. The van der Waals surface area contributed by atoms with Gasteiger partial charge in [-0.05, 0) is 38.5 Å². The maximum absolute atomic E-state index is 13.9. The second kappa shape index (κ2) is 7.65. The number of benzene rings is 1. The smallest absolute Gasteiger partial charge is 0.295 e. The van der Waals surface area contributed by atoms with Crippen molar-refractivity contribution in [2.24, 2.45) is 0 Å². The number of hydrogen-bond donors (Lipinski definition) is 3. The van der Waals surface area contributed by atoms with Crippen molar-refractivity contribution >= 4 is 22.4 Å². The van der Waals surface area contributed by atoms with Crippen molar-refractivity contribution in [3.8, 4) is 0 Å². The molecule has 0 radical (unpaired) electrons. The highest BCUT2D eigenvalue weighted by Crippen LogP contribution is 2.33. The number of halogens is 2. The van der Waals surface area contributed by atoms with Gasteiger partial charge in [-0.3, -0.25) is 4.98 Å². The van der Waals surface area contributed by atoms with Crippen LogP contribution in [0.25, 0.3) is 10.9 Å². The van der Waals surface area contributed by atoms with E-state index in [1.807, 2.05) is 24.8 Å². The minimum Gasteiger partial charge on any atom is -0.390 e. The highest BCUT2D eigenvalue weighted by Gasteiger charge is 2.37. The molecule has 2 aromatic heterocycles. The van der Waals surface area contributed by atoms with E-state index >= 15 is 0 Å². The largest absolute Gasteiger partial charge is 0.390 e. The zero-order valence-electron chi connectivity index (χ0n) is 17.6. The summed E-state index contributed by atoms with van der Waals surface area (Å²) < 4.78 is 27.8. The Morgan fingerprint density at radius 3 is 2.68 bits per heavy atom. The molecular formula is C22H25F2N5O2. The fraction of sp³-hybridized carbons (Fsp3) is 0.409. The maximum atomic E-state index is 13.9. The molecule has 3 N–H and O–H groups in total. The third-order valence-corrected chi connectivity index (χ3v) is 5.56. The zero-order valence-corrected chi connectivity index (χ0v) is 17.6. The van der Waals surface area contributed by atoms with Crippen molar-refractivity contribution in [1.29, 1.82) is 0 Å². The first kappa shape index (κ1) is 21.3. The number of aryl methyl sites for hydroxylation is 1. The summed E-state index contributed by atoms with van der Waals surface area (Å²) in [5.41, 5.74) is 1.92. The third kappa shape index (κ3) is 4.15. The lowest BCUT2D eigenvalue weighted by molar-refractivity contribution is -0.0556. The van der Waals surface area contributed by atoms with Crippen LogP contribution in [0.1, 0.15) is 36.7 Å². The zero-order chi connectivity index (χ0) is 22.4. The summed E-state index contributed by atoms with van der Waals surface area (Å²) in [6, 6.07) is 7.56. The van der Waals surface area contributed by atoms with Crippen molar-refractivity contribution in [3.05, 3.63) is 53.3 Å². The van der Waals surface area contributed by atoms with Crippen LogP contribution < -0.4 is 10.2 Å². The molecule has 164 valence electrons. The first-order chi connectivity index (χ1) is 14.6. The van der Waals surface area contributed by atoms with E-state index in [0.29, 0.717) is 35.7 Å². The Morgan fingerprint density at radius 2 is 2.00 bits per heavy atom. The van der Waals surface area contributed by atoms with Gasteiger partial charge in [0.25, 0.3) is 5.92 Å². The second-order valence-corrected chi connectivity index (χ2v) is 8.43. The lowest BCUT2D eigenvalue weighted by atomic mass is 9.96.